The second-order valence-electron chi connectivity index (χ2n) is 6.42. The highest BCUT2D eigenvalue weighted by molar-refractivity contribution is 5.97. The number of nitrogens with one attached hydrogen (secondary N) is 1. The third-order valence-corrected chi connectivity index (χ3v) is 4.43. The van der Waals surface area contributed by atoms with E-state index in [1.54, 1.807) is 0 Å². The van der Waals surface area contributed by atoms with Crippen LogP contribution in [0.3, 0.4) is 0 Å². The SMILES string of the molecule is CCCCCN1CCCCC(NC(=O)c2ccc(C)cc2)C1=O. The Kier molecular flexibility index (Phi) is 6.63. The molecule has 1 atom stereocenters. The minimum atomic E-state index is -0.382. The molecule has 4 nitrogen and oxygen atoms in total. The lowest BCUT2D eigenvalue weighted by molar-refractivity contribution is -0.132. The van der Waals surface area contributed by atoms with Gasteiger partial charge in [0.05, 0.1) is 0 Å². The first kappa shape index (κ1) is 17.5. The molecule has 2 amide bonds. The van der Waals surface area contributed by atoms with Crippen LogP contribution in [0.5, 0.6) is 0 Å². The van der Waals surface area contributed by atoms with Crippen LogP contribution < -0.4 is 5.32 Å². The van der Waals surface area contributed by atoms with Gasteiger partial charge >= 0.3 is 0 Å². The molecule has 0 saturated carbocycles. The quantitative estimate of drug-likeness (QED) is 0.819. The Balaban J connectivity index is 1.97. The van der Waals surface area contributed by atoms with Gasteiger partial charge in [-0.25, -0.2) is 0 Å². The van der Waals surface area contributed by atoms with Crippen molar-refractivity contribution in [3.8, 4) is 0 Å². The number of nitrogens with zero attached hydrogens (tertiary/aromatic N) is 1. The van der Waals surface area contributed by atoms with Gasteiger partial charge in [0.15, 0.2) is 0 Å². The van der Waals surface area contributed by atoms with E-state index in [1.807, 2.05) is 36.1 Å². The second-order valence-corrected chi connectivity index (χ2v) is 6.42. The van der Waals surface area contributed by atoms with Crippen LogP contribution in [0.1, 0.15) is 61.4 Å². The molecule has 1 aliphatic rings. The van der Waals surface area contributed by atoms with Gasteiger partial charge in [-0.15, -0.1) is 0 Å². The van der Waals surface area contributed by atoms with Gasteiger partial charge in [0, 0.05) is 18.7 Å². The topological polar surface area (TPSA) is 49.4 Å². The molecule has 4 heteroatoms. The van der Waals surface area contributed by atoms with Crippen LogP contribution in [-0.2, 0) is 4.79 Å². The van der Waals surface area contributed by atoms with Crippen LogP contribution in [-0.4, -0.2) is 35.8 Å². The Hall–Kier alpha value is -1.84. The number of hydrogen-bond acceptors (Lipinski definition) is 2. The van der Waals surface area contributed by atoms with Crippen LogP contribution >= 0.6 is 0 Å². The lowest BCUT2D eigenvalue weighted by atomic mass is 10.1. The summed E-state index contributed by atoms with van der Waals surface area (Å²) in [6.07, 6.45) is 6.07. The predicted molar refractivity (Wildman–Crippen MR) is 92.4 cm³/mol. The van der Waals surface area contributed by atoms with Crippen LogP contribution in [0.25, 0.3) is 0 Å². The van der Waals surface area contributed by atoms with Crippen molar-refractivity contribution in [3.63, 3.8) is 0 Å². The molecular formula is C19H28N2O2. The van der Waals surface area contributed by atoms with Gasteiger partial charge < -0.3 is 10.2 Å². The number of amides is 2. The average molecular weight is 316 g/mol. The van der Waals surface area contributed by atoms with E-state index in [1.165, 1.54) is 0 Å². The van der Waals surface area contributed by atoms with Gasteiger partial charge in [-0.1, -0.05) is 37.5 Å². The molecule has 0 aromatic heterocycles. The second kappa shape index (κ2) is 8.70. The molecule has 1 heterocycles. The van der Waals surface area contributed by atoms with Crippen molar-refractivity contribution in [3.05, 3.63) is 35.4 Å². The molecule has 2 rings (SSSR count). The minimum absolute atomic E-state index is 0.0825. The molecule has 1 fully saturated rings. The van der Waals surface area contributed by atoms with Crippen LogP contribution in [0.2, 0.25) is 0 Å². The smallest absolute Gasteiger partial charge is 0.251 e. The summed E-state index contributed by atoms with van der Waals surface area (Å²) in [5.41, 5.74) is 1.74. The van der Waals surface area contributed by atoms with Crippen LogP contribution in [0, 0.1) is 6.92 Å². The first-order valence-corrected chi connectivity index (χ1v) is 8.78. The zero-order chi connectivity index (χ0) is 16.7. The Morgan fingerprint density at radius 2 is 1.96 bits per heavy atom. The molecule has 1 aromatic carbocycles. The summed E-state index contributed by atoms with van der Waals surface area (Å²) in [5.74, 6) is -0.0715. The molecule has 1 N–H and O–H groups in total. The van der Waals surface area contributed by atoms with E-state index in [-0.39, 0.29) is 17.9 Å². The Labute approximate surface area is 139 Å². The average Bonchev–Trinajstić information content (AvgIpc) is 2.71. The van der Waals surface area contributed by atoms with E-state index in [2.05, 4.69) is 12.2 Å². The number of hydrogen-bond donors (Lipinski definition) is 1. The molecule has 0 aliphatic carbocycles. The van der Waals surface area contributed by atoms with E-state index < -0.39 is 0 Å². The highest BCUT2D eigenvalue weighted by Gasteiger charge is 2.28. The molecule has 23 heavy (non-hydrogen) atoms. The number of likely N-dealkylation sites (tertiary alicyclic amines) is 1. The van der Waals surface area contributed by atoms with Crippen molar-refractivity contribution in [2.45, 2.75) is 58.4 Å². The summed E-state index contributed by atoms with van der Waals surface area (Å²) in [5, 5.41) is 2.93. The van der Waals surface area contributed by atoms with Gasteiger partial charge in [0.25, 0.3) is 5.91 Å². The molecule has 1 unspecified atom stereocenters. The molecule has 1 aliphatic heterocycles. The van der Waals surface area contributed by atoms with Crippen molar-refractivity contribution in [2.75, 3.05) is 13.1 Å². The standard InChI is InChI=1S/C19H28N2O2/c1-3-4-6-13-21-14-7-5-8-17(19(21)23)20-18(22)16-11-9-15(2)10-12-16/h9-12,17H,3-8,13-14H2,1-2H3,(H,20,22). The summed E-state index contributed by atoms with van der Waals surface area (Å²) in [6, 6.07) is 7.07. The highest BCUT2D eigenvalue weighted by atomic mass is 16.2. The minimum Gasteiger partial charge on any atom is -0.341 e. The Morgan fingerprint density at radius 1 is 1.22 bits per heavy atom. The number of rotatable bonds is 6. The Bertz CT molecular complexity index is 525. The number of carbonyl (C=O) groups excluding carboxylic acids is 2. The van der Waals surface area contributed by atoms with Gasteiger partial charge in [-0.05, 0) is 44.7 Å². The third kappa shape index (κ3) is 5.08. The largest absolute Gasteiger partial charge is 0.341 e. The molecule has 1 saturated heterocycles. The maximum absolute atomic E-state index is 12.7. The van der Waals surface area contributed by atoms with Gasteiger partial charge in [0.2, 0.25) is 5.91 Å². The monoisotopic (exact) mass is 316 g/mol. The first-order chi connectivity index (χ1) is 11.1. The van der Waals surface area contributed by atoms with Crippen molar-refractivity contribution in [2.24, 2.45) is 0 Å². The van der Waals surface area contributed by atoms with Crippen molar-refractivity contribution < 1.29 is 9.59 Å². The number of unbranched alkanes of at least 4 members (excludes halogenated alkanes) is 2. The van der Waals surface area contributed by atoms with Crippen molar-refractivity contribution in [1.29, 1.82) is 0 Å². The summed E-state index contributed by atoms with van der Waals surface area (Å²) in [6.45, 7) is 5.78. The van der Waals surface area contributed by atoms with Crippen LogP contribution in [0.15, 0.2) is 24.3 Å². The zero-order valence-corrected chi connectivity index (χ0v) is 14.3. The predicted octanol–water partition coefficient (Wildman–Crippen LogP) is 3.30. The van der Waals surface area contributed by atoms with E-state index >= 15 is 0 Å². The van der Waals surface area contributed by atoms with E-state index in [0.29, 0.717) is 5.56 Å². The third-order valence-electron chi connectivity index (χ3n) is 4.43. The zero-order valence-electron chi connectivity index (χ0n) is 14.3. The molecular weight excluding hydrogens is 288 g/mol. The fourth-order valence-electron chi connectivity index (χ4n) is 2.96. The first-order valence-electron chi connectivity index (χ1n) is 8.78. The van der Waals surface area contributed by atoms with Crippen molar-refractivity contribution in [1.82, 2.24) is 10.2 Å². The molecule has 0 radical (unpaired) electrons. The van der Waals surface area contributed by atoms with E-state index in [0.717, 1.165) is 57.2 Å². The van der Waals surface area contributed by atoms with Gasteiger partial charge in [-0.3, -0.25) is 9.59 Å². The molecule has 126 valence electrons. The van der Waals surface area contributed by atoms with Gasteiger partial charge in [0.1, 0.15) is 6.04 Å². The van der Waals surface area contributed by atoms with Crippen LogP contribution in [0.4, 0.5) is 0 Å². The Morgan fingerprint density at radius 3 is 2.65 bits per heavy atom. The summed E-state index contributed by atoms with van der Waals surface area (Å²) >= 11 is 0. The fraction of sp³-hybridized carbons (Fsp3) is 0.579. The highest BCUT2D eigenvalue weighted by Crippen LogP contribution is 2.14. The number of carbonyl (C=O) groups is 2. The van der Waals surface area contributed by atoms with Gasteiger partial charge in [-0.2, -0.15) is 0 Å². The maximum Gasteiger partial charge on any atom is 0.251 e. The normalized spacial score (nSPS) is 18.6. The van der Waals surface area contributed by atoms with Crippen molar-refractivity contribution >= 4 is 11.8 Å². The molecule has 0 bridgehead atoms. The molecule has 1 aromatic rings. The summed E-state index contributed by atoms with van der Waals surface area (Å²) in [7, 11) is 0. The van der Waals surface area contributed by atoms with E-state index in [4.69, 9.17) is 0 Å². The number of benzene rings is 1. The lowest BCUT2D eigenvalue weighted by Gasteiger charge is -2.25. The van der Waals surface area contributed by atoms with E-state index in [9.17, 15) is 9.59 Å². The maximum atomic E-state index is 12.7. The number of aryl methyl sites for hydroxylation is 1. The fourth-order valence-corrected chi connectivity index (χ4v) is 2.96. The lowest BCUT2D eigenvalue weighted by Crippen LogP contribution is -2.47. The summed E-state index contributed by atoms with van der Waals surface area (Å²) < 4.78 is 0. The molecule has 0 spiro atoms. The summed E-state index contributed by atoms with van der Waals surface area (Å²) in [4.78, 5) is 27.0.